The normalized spacial score (nSPS) is 24.8. The van der Waals surface area contributed by atoms with Crippen LogP contribution in [0.4, 0.5) is 0 Å². The zero-order chi connectivity index (χ0) is 12.3. The Morgan fingerprint density at radius 3 is 2.71 bits per heavy atom. The molecule has 0 bridgehead atoms. The molecule has 1 unspecified atom stereocenters. The molecule has 0 fully saturated rings. The molecule has 0 spiro atoms. The molecule has 0 aliphatic carbocycles. The van der Waals surface area contributed by atoms with Crippen LogP contribution in [0.2, 0.25) is 0 Å². The Bertz CT molecular complexity index is 427. The minimum absolute atomic E-state index is 0.565. The zero-order valence-electron chi connectivity index (χ0n) is 9.97. The van der Waals surface area contributed by atoms with Gasteiger partial charge in [-0.2, -0.15) is 0 Å². The SMILES string of the molecule is CC1(C(=O)O)CC=CCN1Cc1ccccc1. The number of carboxylic acid groups (broad SMARTS) is 1. The Kier molecular flexibility index (Phi) is 3.29. The van der Waals surface area contributed by atoms with Gasteiger partial charge >= 0.3 is 5.97 Å². The Morgan fingerprint density at radius 1 is 1.35 bits per heavy atom. The van der Waals surface area contributed by atoms with Gasteiger partial charge < -0.3 is 5.11 Å². The van der Waals surface area contributed by atoms with Gasteiger partial charge in [-0.05, 0) is 18.9 Å². The summed E-state index contributed by atoms with van der Waals surface area (Å²) in [6.07, 6.45) is 4.55. The van der Waals surface area contributed by atoms with E-state index in [4.69, 9.17) is 0 Å². The second-order valence-electron chi connectivity index (χ2n) is 4.62. The fourth-order valence-corrected chi connectivity index (χ4v) is 2.11. The van der Waals surface area contributed by atoms with Crippen molar-refractivity contribution in [2.24, 2.45) is 0 Å². The zero-order valence-corrected chi connectivity index (χ0v) is 9.97. The molecule has 0 saturated heterocycles. The Hall–Kier alpha value is -1.61. The first-order valence-corrected chi connectivity index (χ1v) is 5.80. The number of nitrogens with zero attached hydrogens (tertiary/aromatic N) is 1. The summed E-state index contributed by atoms with van der Waals surface area (Å²) in [6, 6.07) is 9.98. The van der Waals surface area contributed by atoms with Gasteiger partial charge in [0.25, 0.3) is 0 Å². The van der Waals surface area contributed by atoms with E-state index in [1.165, 1.54) is 0 Å². The predicted octanol–water partition coefficient (Wildman–Crippen LogP) is 2.29. The summed E-state index contributed by atoms with van der Waals surface area (Å²) in [5.74, 6) is -0.752. The highest BCUT2D eigenvalue weighted by Crippen LogP contribution is 2.26. The molecule has 1 atom stereocenters. The highest BCUT2D eigenvalue weighted by atomic mass is 16.4. The van der Waals surface area contributed by atoms with Crippen molar-refractivity contribution in [3.8, 4) is 0 Å². The maximum Gasteiger partial charge on any atom is 0.324 e. The van der Waals surface area contributed by atoms with Crippen molar-refractivity contribution < 1.29 is 9.90 Å². The van der Waals surface area contributed by atoms with Gasteiger partial charge in [0.05, 0.1) is 0 Å². The monoisotopic (exact) mass is 231 g/mol. The van der Waals surface area contributed by atoms with Crippen LogP contribution in [-0.4, -0.2) is 28.1 Å². The summed E-state index contributed by atoms with van der Waals surface area (Å²) < 4.78 is 0. The Morgan fingerprint density at radius 2 is 2.06 bits per heavy atom. The van der Waals surface area contributed by atoms with Crippen LogP contribution in [-0.2, 0) is 11.3 Å². The van der Waals surface area contributed by atoms with Crippen LogP contribution in [0, 0.1) is 0 Å². The fourth-order valence-electron chi connectivity index (χ4n) is 2.11. The van der Waals surface area contributed by atoms with E-state index in [0.717, 1.165) is 5.56 Å². The topological polar surface area (TPSA) is 40.5 Å². The molecule has 0 saturated carbocycles. The smallest absolute Gasteiger partial charge is 0.324 e. The Labute approximate surface area is 101 Å². The highest BCUT2D eigenvalue weighted by Gasteiger charge is 2.39. The number of carbonyl (C=O) groups is 1. The maximum absolute atomic E-state index is 11.4. The standard InChI is InChI=1S/C14H17NO2/c1-14(13(16)17)9-5-6-10-15(14)11-12-7-3-2-4-8-12/h2-8H,9-11H2,1H3,(H,16,17). The lowest BCUT2D eigenvalue weighted by molar-refractivity contribution is -0.150. The number of carboxylic acids is 1. The lowest BCUT2D eigenvalue weighted by Gasteiger charge is -2.39. The van der Waals surface area contributed by atoms with Crippen LogP contribution in [0.25, 0.3) is 0 Å². The van der Waals surface area contributed by atoms with Gasteiger partial charge in [0.2, 0.25) is 0 Å². The lowest BCUT2D eigenvalue weighted by Crippen LogP contribution is -2.53. The minimum Gasteiger partial charge on any atom is -0.480 e. The van der Waals surface area contributed by atoms with Crippen LogP contribution in [0.15, 0.2) is 42.5 Å². The summed E-state index contributed by atoms with van der Waals surface area (Å²) >= 11 is 0. The molecule has 0 aromatic heterocycles. The van der Waals surface area contributed by atoms with E-state index >= 15 is 0 Å². The van der Waals surface area contributed by atoms with E-state index in [1.807, 2.05) is 47.4 Å². The first-order chi connectivity index (χ1) is 8.13. The van der Waals surface area contributed by atoms with E-state index < -0.39 is 11.5 Å². The summed E-state index contributed by atoms with van der Waals surface area (Å²) in [7, 11) is 0. The van der Waals surface area contributed by atoms with Crippen LogP contribution in [0.1, 0.15) is 18.9 Å². The van der Waals surface area contributed by atoms with Gasteiger partial charge in [0, 0.05) is 13.1 Å². The molecule has 3 heteroatoms. The van der Waals surface area contributed by atoms with Crippen molar-refractivity contribution >= 4 is 5.97 Å². The van der Waals surface area contributed by atoms with Gasteiger partial charge in [0.1, 0.15) is 5.54 Å². The third kappa shape index (κ3) is 2.39. The van der Waals surface area contributed by atoms with Crippen LogP contribution in [0.5, 0.6) is 0 Å². The second-order valence-corrected chi connectivity index (χ2v) is 4.62. The predicted molar refractivity (Wildman–Crippen MR) is 66.6 cm³/mol. The van der Waals surface area contributed by atoms with E-state index in [2.05, 4.69) is 0 Å². The molecule has 1 aromatic carbocycles. The maximum atomic E-state index is 11.4. The summed E-state index contributed by atoms with van der Waals surface area (Å²) in [5, 5.41) is 9.37. The molecule has 90 valence electrons. The summed E-state index contributed by atoms with van der Waals surface area (Å²) in [6.45, 7) is 3.16. The molecule has 2 rings (SSSR count). The van der Waals surface area contributed by atoms with Gasteiger partial charge in [-0.3, -0.25) is 9.69 Å². The molecular weight excluding hydrogens is 214 g/mol. The third-order valence-corrected chi connectivity index (χ3v) is 3.38. The van der Waals surface area contributed by atoms with E-state index in [-0.39, 0.29) is 0 Å². The molecular formula is C14H17NO2. The third-order valence-electron chi connectivity index (χ3n) is 3.38. The quantitative estimate of drug-likeness (QED) is 0.811. The largest absolute Gasteiger partial charge is 0.480 e. The minimum atomic E-state index is -0.787. The number of hydrogen-bond donors (Lipinski definition) is 1. The van der Waals surface area contributed by atoms with Crippen LogP contribution < -0.4 is 0 Å². The van der Waals surface area contributed by atoms with Crippen molar-refractivity contribution in [2.75, 3.05) is 6.54 Å². The van der Waals surface area contributed by atoms with Gasteiger partial charge in [-0.1, -0.05) is 42.5 Å². The molecule has 1 aliphatic rings. The first-order valence-electron chi connectivity index (χ1n) is 5.80. The molecule has 1 aliphatic heterocycles. The molecule has 0 amide bonds. The molecule has 1 heterocycles. The first kappa shape index (κ1) is 11.9. The molecule has 1 N–H and O–H groups in total. The van der Waals surface area contributed by atoms with E-state index in [0.29, 0.717) is 19.5 Å². The number of benzene rings is 1. The van der Waals surface area contributed by atoms with Gasteiger partial charge in [0.15, 0.2) is 0 Å². The molecule has 1 aromatic rings. The second kappa shape index (κ2) is 4.72. The van der Waals surface area contributed by atoms with Gasteiger partial charge in [-0.15, -0.1) is 0 Å². The summed E-state index contributed by atoms with van der Waals surface area (Å²) in [5.41, 5.74) is 0.361. The molecule has 17 heavy (non-hydrogen) atoms. The lowest BCUT2D eigenvalue weighted by atomic mass is 9.91. The average molecular weight is 231 g/mol. The Balaban J connectivity index is 2.19. The molecule has 0 radical (unpaired) electrons. The van der Waals surface area contributed by atoms with Crippen molar-refractivity contribution in [2.45, 2.75) is 25.4 Å². The van der Waals surface area contributed by atoms with Crippen molar-refractivity contribution in [3.63, 3.8) is 0 Å². The summed E-state index contributed by atoms with van der Waals surface area (Å²) in [4.78, 5) is 13.4. The average Bonchev–Trinajstić information content (AvgIpc) is 2.33. The number of hydrogen-bond acceptors (Lipinski definition) is 2. The molecule has 3 nitrogen and oxygen atoms in total. The van der Waals surface area contributed by atoms with Crippen LogP contribution in [0.3, 0.4) is 0 Å². The van der Waals surface area contributed by atoms with Crippen molar-refractivity contribution in [3.05, 3.63) is 48.0 Å². The van der Waals surface area contributed by atoms with Crippen molar-refractivity contribution in [1.29, 1.82) is 0 Å². The number of aliphatic carboxylic acids is 1. The number of rotatable bonds is 3. The van der Waals surface area contributed by atoms with E-state index in [9.17, 15) is 9.90 Å². The van der Waals surface area contributed by atoms with Crippen molar-refractivity contribution in [1.82, 2.24) is 4.90 Å². The fraction of sp³-hybridized carbons (Fsp3) is 0.357. The highest BCUT2D eigenvalue weighted by molar-refractivity contribution is 5.78. The van der Waals surface area contributed by atoms with Gasteiger partial charge in [-0.25, -0.2) is 0 Å². The van der Waals surface area contributed by atoms with Crippen LogP contribution >= 0.6 is 0 Å². The van der Waals surface area contributed by atoms with E-state index in [1.54, 1.807) is 6.92 Å².